The first-order valence-electron chi connectivity index (χ1n) is 10.0. The predicted octanol–water partition coefficient (Wildman–Crippen LogP) is 2.91. The van der Waals surface area contributed by atoms with Gasteiger partial charge in [-0.1, -0.05) is 0 Å². The number of amides is 1. The number of fused-ring (bicyclic) bond motifs is 1. The summed E-state index contributed by atoms with van der Waals surface area (Å²) in [5.41, 5.74) is 1.25. The predicted molar refractivity (Wildman–Crippen MR) is 108 cm³/mol. The fourth-order valence-electron chi connectivity index (χ4n) is 4.09. The number of aryl methyl sites for hydroxylation is 1. The maximum absolute atomic E-state index is 13.4. The van der Waals surface area contributed by atoms with Gasteiger partial charge < -0.3 is 19.1 Å². The van der Waals surface area contributed by atoms with Crippen LogP contribution in [0.4, 0.5) is 0 Å². The van der Waals surface area contributed by atoms with Crippen LogP contribution in [0, 0.1) is 6.92 Å². The molecule has 1 unspecified atom stereocenters. The van der Waals surface area contributed by atoms with Crippen LogP contribution in [0.1, 0.15) is 41.6 Å². The molecule has 0 spiro atoms. The molecule has 1 amide bonds. The number of nitrogens with zero attached hydrogens (tertiary/aromatic N) is 2. The van der Waals surface area contributed by atoms with Gasteiger partial charge in [0.15, 0.2) is 11.5 Å². The molecule has 0 bridgehead atoms. The van der Waals surface area contributed by atoms with Gasteiger partial charge in [0.25, 0.3) is 11.5 Å². The number of carbonyl (C=O) groups is 1. The summed E-state index contributed by atoms with van der Waals surface area (Å²) in [5.74, 6) is 1.06. The Balaban J connectivity index is 1.69. The Kier molecular flexibility index (Phi) is 5.58. The molecule has 0 N–H and O–H groups in total. The minimum Gasteiger partial charge on any atom is -0.454 e. The zero-order valence-electron chi connectivity index (χ0n) is 16.8. The highest BCUT2D eigenvalue weighted by Crippen LogP contribution is 2.33. The molecule has 7 heteroatoms. The maximum atomic E-state index is 13.4. The van der Waals surface area contributed by atoms with Crippen LogP contribution in [0.2, 0.25) is 0 Å². The minimum atomic E-state index is -0.315. The molecule has 0 saturated carbocycles. The van der Waals surface area contributed by atoms with Crippen LogP contribution in [0.15, 0.2) is 35.3 Å². The van der Waals surface area contributed by atoms with Crippen molar-refractivity contribution in [1.29, 1.82) is 0 Å². The summed E-state index contributed by atoms with van der Waals surface area (Å²) in [7, 11) is 1.67. The number of likely N-dealkylation sites (tertiary alicyclic amines) is 1. The number of methoxy groups -OCH3 is 1. The second-order valence-electron chi connectivity index (χ2n) is 7.52. The van der Waals surface area contributed by atoms with Crippen LogP contribution in [0.25, 0.3) is 5.69 Å². The summed E-state index contributed by atoms with van der Waals surface area (Å²) in [6, 6.07) is 7.25. The third-order valence-electron chi connectivity index (χ3n) is 5.69. The van der Waals surface area contributed by atoms with Crippen LogP contribution in [0.5, 0.6) is 11.5 Å². The molecule has 1 aromatic carbocycles. The van der Waals surface area contributed by atoms with E-state index in [1.165, 1.54) is 4.57 Å². The Bertz CT molecular complexity index is 968. The molecule has 2 aromatic rings. The molecular weight excluding hydrogens is 372 g/mol. The average molecular weight is 398 g/mol. The first-order valence-corrected chi connectivity index (χ1v) is 10.0. The van der Waals surface area contributed by atoms with Crippen LogP contribution in [0.3, 0.4) is 0 Å². The Labute approximate surface area is 169 Å². The molecule has 1 atom stereocenters. The molecular formula is C22H26N2O5. The standard InChI is InChI=1S/C22H26N2O5/c1-15-8-11-24(17-6-7-18-19(13-17)29-14-28-18)22(26)20(15)21(25)23-10-4-3-5-16(23)9-12-27-2/h6-8,11,13,16H,3-5,9-10,12,14H2,1-2H3. The van der Waals surface area contributed by atoms with E-state index in [1.807, 2.05) is 17.9 Å². The number of hydrogen-bond donors (Lipinski definition) is 0. The molecule has 1 fully saturated rings. The van der Waals surface area contributed by atoms with Crippen molar-refractivity contribution in [2.24, 2.45) is 0 Å². The third-order valence-corrected chi connectivity index (χ3v) is 5.69. The Hall–Kier alpha value is -2.80. The third kappa shape index (κ3) is 3.74. The molecule has 4 rings (SSSR count). The second kappa shape index (κ2) is 8.29. The van der Waals surface area contributed by atoms with E-state index in [1.54, 1.807) is 31.5 Å². The van der Waals surface area contributed by atoms with E-state index in [4.69, 9.17) is 14.2 Å². The molecule has 0 radical (unpaired) electrons. The lowest BCUT2D eigenvalue weighted by Crippen LogP contribution is -2.46. The van der Waals surface area contributed by atoms with Crippen molar-refractivity contribution in [2.45, 2.75) is 38.6 Å². The van der Waals surface area contributed by atoms with Gasteiger partial charge in [0.2, 0.25) is 6.79 Å². The highest BCUT2D eigenvalue weighted by molar-refractivity contribution is 5.95. The van der Waals surface area contributed by atoms with Gasteiger partial charge in [-0.25, -0.2) is 0 Å². The monoisotopic (exact) mass is 398 g/mol. The number of ether oxygens (including phenoxy) is 3. The number of aromatic nitrogens is 1. The summed E-state index contributed by atoms with van der Waals surface area (Å²) in [6.07, 6.45) is 5.47. The van der Waals surface area contributed by atoms with Gasteiger partial charge in [0, 0.05) is 38.6 Å². The fraction of sp³-hybridized carbons (Fsp3) is 0.455. The number of carbonyl (C=O) groups excluding carboxylic acids is 1. The molecule has 154 valence electrons. The van der Waals surface area contributed by atoms with Crippen molar-refractivity contribution >= 4 is 5.91 Å². The lowest BCUT2D eigenvalue weighted by molar-refractivity contribution is 0.0550. The smallest absolute Gasteiger partial charge is 0.268 e. The van der Waals surface area contributed by atoms with Crippen molar-refractivity contribution in [1.82, 2.24) is 9.47 Å². The highest BCUT2D eigenvalue weighted by Gasteiger charge is 2.30. The molecule has 7 nitrogen and oxygen atoms in total. The number of rotatable bonds is 5. The van der Waals surface area contributed by atoms with Gasteiger partial charge in [0.1, 0.15) is 5.56 Å². The topological polar surface area (TPSA) is 70.0 Å². The normalized spacial score (nSPS) is 18.1. The Morgan fingerprint density at radius 2 is 2.03 bits per heavy atom. The number of piperidine rings is 1. The van der Waals surface area contributed by atoms with Crippen molar-refractivity contribution in [2.75, 3.05) is 27.1 Å². The van der Waals surface area contributed by atoms with E-state index in [-0.39, 0.29) is 29.9 Å². The maximum Gasteiger partial charge on any atom is 0.268 e. The van der Waals surface area contributed by atoms with Crippen LogP contribution < -0.4 is 15.0 Å². The van der Waals surface area contributed by atoms with E-state index >= 15 is 0 Å². The molecule has 2 aliphatic heterocycles. The van der Waals surface area contributed by atoms with Gasteiger partial charge >= 0.3 is 0 Å². The van der Waals surface area contributed by atoms with Crippen molar-refractivity contribution in [3.63, 3.8) is 0 Å². The summed E-state index contributed by atoms with van der Waals surface area (Å²) in [6.45, 7) is 3.25. The van der Waals surface area contributed by atoms with Gasteiger partial charge in [-0.05, 0) is 56.4 Å². The summed E-state index contributed by atoms with van der Waals surface area (Å²) < 4.78 is 17.5. The minimum absolute atomic E-state index is 0.106. The zero-order valence-corrected chi connectivity index (χ0v) is 16.8. The van der Waals surface area contributed by atoms with Crippen LogP contribution >= 0.6 is 0 Å². The SMILES string of the molecule is COCCC1CCCCN1C(=O)c1c(C)ccn(-c2ccc3c(c2)OCO3)c1=O. The summed E-state index contributed by atoms with van der Waals surface area (Å²) >= 11 is 0. The number of hydrogen-bond acceptors (Lipinski definition) is 5. The summed E-state index contributed by atoms with van der Waals surface area (Å²) in [4.78, 5) is 28.6. The lowest BCUT2D eigenvalue weighted by atomic mass is 9.98. The number of benzene rings is 1. The first kappa shape index (κ1) is 19.5. The van der Waals surface area contributed by atoms with E-state index in [0.29, 0.717) is 35.9 Å². The Morgan fingerprint density at radius 1 is 1.21 bits per heavy atom. The molecule has 2 aliphatic rings. The number of pyridine rings is 1. The molecule has 0 aliphatic carbocycles. The first-order chi connectivity index (χ1) is 14.1. The molecule has 3 heterocycles. The van der Waals surface area contributed by atoms with E-state index in [9.17, 15) is 9.59 Å². The van der Waals surface area contributed by atoms with E-state index in [0.717, 1.165) is 25.7 Å². The average Bonchev–Trinajstić information content (AvgIpc) is 3.20. The second-order valence-corrected chi connectivity index (χ2v) is 7.52. The molecule has 1 aromatic heterocycles. The van der Waals surface area contributed by atoms with Gasteiger partial charge in [-0.15, -0.1) is 0 Å². The lowest BCUT2D eigenvalue weighted by Gasteiger charge is -2.36. The Morgan fingerprint density at radius 3 is 2.86 bits per heavy atom. The largest absolute Gasteiger partial charge is 0.454 e. The fourth-order valence-corrected chi connectivity index (χ4v) is 4.09. The van der Waals surface area contributed by atoms with Gasteiger partial charge in [-0.3, -0.25) is 14.2 Å². The van der Waals surface area contributed by atoms with Crippen molar-refractivity contribution in [3.05, 3.63) is 51.9 Å². The zero-order chi connectivity index (χ0) is 20.4. The van der Waals surface area contributed by atoms with Crippen molar-refractivity contribution in [3.8, 4) is 17.2 Å². The quantitative estimate of drug-likeness (QED) is 0.775. The molecule has 1 saturated heterocycles. The highest BCUT2D eigenvalue weighted by atomic mass is 16.7. The van der Waals surface area contributed by atoms with Crippen LogP contribution in [-0.2, 0) is 4.74 Å². The summed E-state index contributed by atoms with van der Waals surface area (Å²) in [5, 5.41) is 0. The van der Waals surface area contributed by atoms with Crippen LogP contribution in [-0.4, -0.2) is 48.5 Å². The van der Waals surface area contributed by atoms with Gasteiger partial charge in [0.05, 0.1) is 5.69 Å². The van der Waals surface area contributed by atoms with Gasteiger partial charge in [-0.2, -0.15) is 0 Å². The van der Waals surface area contributed by atoms with E-state index in [2.05, 4.69) is 0 Å². The molecule has 29 heavy (non-hydrogen) atoms. The van der Waals surface area contributed by atoms with Crippen molar-refractivity contribution < 1.29 is 19.0 Å². The van der Waals surface area contributed by atoms with E-state index < -0.39 is 0 Å².